The minimum atomic E-state index is -0.274. The number of H-pyrrole nitrogens is 1. The van der Waals surface area contributed by atoms with Crippen LogP contribution in [0.2, 0.25) is 0 Å². The maximum atomic E-state index is 13.6. The van der Waals surface area contributed by atoms with Gasteiger partial charge in [-0.2, -0.15) is 0 Å². The summed E-state index contributed by atoms with van der Waals surface area (Å²) in [6, 6.07) is 24.4. The quantitative estimate of drug-likeness (QED) is 0.441. The number of hydrogen-bond donors (Lipinski definition) is 1. The molecule has 1 amide bonds. The van der Waals surface area contributed by atoms with Crippen molar-refractivity contribution in [3.63, 3.8) is 0 Å². The maximum Gasteiger partial charge on any atom is 0.233 e. The third-order valence-electron chi connectivity index (χ3n) is 5.65. The van der Waals surface area contributed by atoms with Crippen molar-refractivity contribution < 1.29 is 9.18 Å². The highest BCUT2D eigenvalue weighted by atomic mass is 32.2. The van der Waals surface area contributed by atoms with Gasteiger partial charge in [0.15, 0.2) is 0 Å². The van der Waals surface area contributed by atoms with E-state index in [0.717, 1.165) is 28.1 Å². The molecular formula is C25H21FN2OS. The Balaban J connectivity index is 1.51. The Morgan fingerprint density at radius 3 is 2.53 bits per heavy atom. The number of thioether (sulfide) groups is 1. The number of amides is 1. The van der Waals surface area contributed by atoms with Crippen LogP contribution in [0.3, 0.4) is 0 Å². The van der Waals surface area contributed by atoms with Crippen LogP contribution in [-0.2, 0) is 11.2 Å². The molecule has 150 valence electrons. The molecule has 0 aliphatic carbocycles. The molecular weight excluding hydrogens is 395 g/mol. The first-order valence-corrected chi connectivity index (χ1v) is 11.0. The Kier molecular flexibility index (Phi) is 5.05. The van der Waals surface area contributed by atoms with E-state index < -0.39 is 0 Å². The van der Waals surface area contributed by atoms with E-state index in [1.807, 2.05) is 47.4 Å². The van der Waals surface area contributed by atoms with Gasteiger partial charge in [-0.15, -0.1) is 11.8 Å². The molecule has 4 aromatic rings. The van der Waals surface area contributed by atoms with Gasteiger partial charge in [0.25, 0.3) is 0 Å². The SMILES string of the molecule is O=C(CSc1ccccc1)N1CCc2c([nH]c3ccccc23)[C@H]1c1ccc(F)cc1. The number of nitrogens with one attached hydrogen (secondary N) is 1. The molecule has 0 radical (unpaired) electrons. The standard InChI is InChI=1S/C25H21FN2OS/c26-18-12-10-17(11-13-18)25-24-21(20-8-4-5-9-22(20)27-24)14-15-28(25)23(29)16-30-19-6-2-1-3-7-19/h1-13,25,27H,14-16H2/t25-/m1/s1. The van der Waals surface area contributed by atoms with Crippen LogP contribution in [0.15, 0.2) is 83.8 Å². The van der Waals surface area contributed by atoms with Crippen molar-refractivity contribution in [2.24, 2.45) is 0 Å². The van der Waals surface area contributed by atoms with E-state index in [2.05, 4.69) is 17.1 Å². The lowest BCUT2D eigenvalue weighted by Gasteiger charge is -2.36. The predicted octanol–water partition coefficient (Wildman–Crippen LogP) is 5.57. The molecule has 1 N–H and O–H groups in total. The summed E-state index contributed by atoms with van der Waals surface area (Å²) in [5, 5.41) is 1.20. The molecule has 1 atom stereocenters. The molecule has 2 heterocycles. The first-order chi connectivity index (χ1) is 14.7. The van der Waals surface area contributed by atoms with Crippen molar-refractivity contribution in [2.45, 2.75) is 17.4 Å². The summed E-state index contributed by atoms with van der Waals surface area (Å²) in [4.78, 5) is 19.8. The molecule has 0 unspecified atom stereocenters. The molecule has 0 saturated heterocycles. The van der Waals surface area contributed by atoms with Gasteiger partial charge in [-0.1, -0.05) is 48.5 Å². The third kappa shape index (κ3) is 3.50. The van der Waals surface area contributed by atoms with Crippen LogP contribution < -0.4 is 0 Å². The number of halogens is 1. The smallest absolute Gasteiger partial charge is 0.233 e. The average Bonchev–Trinajstić information content (AvgIpc) is 3.17. The summed E-state index contributed by atoms with van der Waals surface area (Å²) in [5.41, 5.74) is 4.27. The summed E-state index contributed by atoms with van der Waals surface area (Å²) in [7, 11) is 0. The van der Waals surface area contributed by atoms with E-state index in [9.17, 15) is 9.18 Å². The minimum Gasteiger partial charge on any atom is -0.356 e. The molecule has 0 saturated carbocycles. The van der Waals surface area contributed by atoms with Crippen molar-refractivity contribution in [1.82, 2.24) is 9.88 Å². The molecule has 5 rings (SSSR count). The second-order valence-electron chi connectivity index (χ2n) is 7.46. The van der Waals surface area contributed by atoms with Crippen LogP contribution in [0.4, 0.5) is 4.39 Å². The third-order valence-corrected chi connectivity index (χ3v) is 6.64. The fourth-order valence-electron chi connectivity index (χ4n) is 4.25. The second kappa shape index (κ2) is 8.00. The normalized spacial score (nSPS) is 15.9. The van der Waals surface area contributed by atoms with E-state index in [1.165, 1.54) is 23.1 Å². The van der Waals surface area contributed by atoms with Crippen LogP contribution >= 0.6 is 11.8 Å². The van der Waals surface area contributed by atoms with E-state index in [-0.39, 0.29) is 17.8 Å². The summed E-state index contributed by atoms with van der Waals surface area (Å²) in [5.74, 6) is 0.184. The van der Waals surface area contributed by atoms with Crippen molar-refractivity contribution in [1.29, 1.82) is 0 Å². The van der Waals surface area contributed by atoms with Crippen LogP contribution in [-0.4, -0.2) is 28.1 Å². The van der Waals surface area contributed by atoms with Gasteiger partial charge in [0.05, 0.1) is 11.8 Å². The van der Waals surface area contributed by atoms with Gasteiger partial charge in [0.1, 0.15) is 5.82 Å². The summed E-state index contributed by atoms with van der Waals surface area (Å²) < 4.78 is 13.6. The number of aromatic amines is 1. The van der Waals surface area contributed by atoms with E-state index in [4.69, 9.17) is 0 Å². The van der Waals surface area contributed by atoms with Gasteiger partial charge >= 0.3 is 0 Å². The van der Waals surface area contributed by atoms with Crippen LogP contribution in [0.25, 0.3) is 10.9 Å². The van der Waals surface area contributed by atoms with Crippen molar-refractivity contribution >= 4 is 28.6 Å². The van der Waals surface area contributed by atoms with Crippen molar-refractivity contribution in [2.75, 3.05) is 12.3 Å². The number of fused-ring (bicyclic) bond motifs is 3. The lowest BCUT2D eigenvalue weighted by molar-refractivity contribution is -0.130. The molecule has 1 aromatic heterocycles. The number of nitrogens with zero attached hydrogens (tertiary/aromatic N) is 1. The zero-order valence-electron chi connectivity index (χ0n) is 16.3. The summed E-state index contributed by atoms with van der Waals surface area (Å²) >= 11 is 1.55. The second-order valence-corrected chi connectivity index (χ2v) is 8.50. The number of para-hydroxylation sites is 1. The van der Waals surface area contributed by atoms with Crippen molar-refractivity contribution in [3.8, 4) is 0 Å². The first kappa shape index (κ1) is 18.9. The molecule has 0 spiro atoms. The molecule has 0 fully saturated rings. The largest absolute Gasteiger partial charge is 0.356 e. The fourth-order valence-corrected chi connectivity index (χ4v) is 5.05. The highest BCUT2D eigenvalue weighted by molar-refractivity contribution is 8.00. The van der Waals surface area contributed by atoms with Gasteiger partial charge in [-0.25, -0.2) is 4.39 Å². The molecule has 0 bridgehead atoms. The molecule has 3 aromatic carbocycles. The molecule has 5 heteroatoms. The van der Waals surface area contributed by atoms with Gasteiger partial charge in [-0.3, -0.25) is 4.79 Å². The van der Waals surface area contributed by atoms with Gasteiger partial charge in [-0.05, 0) is 47.9 Å². The summed E-state index contributed by atoms with van der Waals surface area (Å²) in [6.45, 7) is 0.644. The van der Waals surface area contributed by atoms with Gasteiger partial charge < -0.3 is 9.88 Å². The predicted molar refractivity (Wildman–Crippen MR) is 119 cm³/mol. The van der Waals surface area contributed by atoms with Gasteiger partial charge in [0.2, 0.25) is 5.91 Å². The number of hydrogen-bond acceptors (Lipinski definition) is 2. The number of rotatable bonds is 4. The Morgan fingerprint density at radius 2 is 1.73 bits per heavy atom. The van der Waals surface area contributed by atoms with Crippen LogP contribution in [0.5, 0.6) is 0 Å². The fraction of sp³-hybridized carbons (Fsp3) is 0.160. The van der Waals surface area contributed by atoms with Crippen molar-refractivity contribution in [3.05, 3.63) is 102 Å². The highest BCUT2D eigenvalue weighted by Gasteiger charge is 2.34. The lowest BCUT2D eigenvalue weighted by Crippen LogP contribution is -2.41. The Labute approximate surface area is 178 Å². The Hall–Kier alpha value is -3.05. The molecule has 1 aliphatic heterocycles. The molecule has 1 aliphatic rings. The lowest BCUT2D eigenvalue weighted by atomic mass is 9.92. The van der Waals surface area contributed by atoms with E-state index >= 15 is 0 Å². The van der Waals surface area contributed by atoms with Gasteiger partial charge in [0, 0.05) is 28.0 Å². The van der Waals surface area contributed by atoms with Crippen LogP contribution in [0, 0.1) is 5.82 Å². The number of aromatic nitrogens is 1. The highest BCUT2D eigenvalue weighted by Crippen LogP contribution is 2.38. The molecule has 30 heavy (non-hydrogen) atoms. The first-order valence-electron chi connectivity index (χ1n) is 10.0. The Morgan fingerprint density at radius 1 is 1.00 bits per heavy atom. The van der Waals surface area contributed by atoms with Crippen LogP contribution in [0.1, 0.15) is 22.9 Å². The van der Waals surface area contributed by atoms with E-state index in [0.29, 0.717) is 12.3 Å². The summed E-state index contributed by atoms with van der Waals surface area (Å²) in [6.07, 6.45) is 0.804. The minimum absolute atomic E-state index is 0.0856. The zero-order chi connectivity index (χ0) is 20.5. The number of carbonyl (C=O) groups is 1. The maximum absolute atomic E-state index is 13.6. The van der Waals surface area contributed by atoms with E-state index in [1.54, 1.807) is 23.9 Å². The number of carbonyl (C=O) groups excluding carboxylic acids is 1. The molecule has 3 nitrogen and oxygen atoms in total. The number of benzene rings is 3. The monoisotopic (exact) mass is 416 g/mol. The average molecular weight is 417 g/mol. The Bertz CT molecular complexity index is 1190. The zero-order valence-corrected chi connectivity index (χ0v) is 17.2. The topological polar surface area (TPSA) is 36.1 Å².